The molecule has 1 N–H and O–H groups in total. The van der Waals surface area contributed by atoms with E-state index in [1.165, 1.54) is 11.8 Å². The standard InChI is InChI=1S/C25H23N3O3S/c1-17-7-3-5-9-21(17)26-23(29)16-32-25-27-22-10-6-4-8-20(22)24(30)28(25)15-18-11-13-19(31-2)14-12-18/h3-14H,15-16H2,1-2H3,(H,26,29). The Morgan fingerprint density at radius 3 is 2.50 bits per heavy atom. The first kappa shape index (κ1) is 21.6. The summed E-state index contributed by atoms with van der Waals surface area (Å²) in [5.41, 5.74) is 3.20. The van der Waals surface area contributed by atoms with E-state index in [1.807, 2.05) is 73.7 Å². The highest BCUT2D eigenvalue weighted by atomic mass is 32.2. The SMILES string of the molecule is COc1ccc(Cn2c(SCC(=O)Nc3ccccc3C)nc3ccccc3c2=O)cc1. The summed E-state index contributed by atoms with van der Waals surface area (Å²) in [6.07, 6.45) is 0. The molecule has 1 heterocycles. The van der Waals surface area contributed by atoms with Gasteiger partial charge in [-0.15, -0.1) is 0 Å². The normalized spacial score (nSPS) is 10.8. The number of hydrogen-bond donors (Lipinski definition) is 1. The van der Waals surface area contributed by atoms with Crippen molar-refractivity contribution in [2.75, 3.05) is 18.2 Å². The fraction of sp³-hybridized carbons (Fsp3) is 0.160. The van der Waals surface area contributed by atoms with Gasteiger partial charge in [-0.3, -0.25) is 14.2 Å². The van der Waals surface area contributed by atoms with Crippen LogP contribution in [0.3, 0.4) is 0 Å². The minimum Gasteiger partial charge on any atom is -0.497 e. The Balaban J connectivity index is 1.61. The lowest BCUT2D eigenvalue weighted by Gasteiger charge is -2.14. The first-order chi connectivity index (χ1) is 15.5. The largest absolute Gasteiger partial charge is 0.497 e. The number of rotatable bonds is 7. The summed E-state index contributed by atoms with van der Waals surface area (Å²) >= 11 is 1.25. The Kier molecular flexibility index (Phi) is 6.56. The zero-order valence-corrected chi connectivity index (χ0v) is 18.7. The van der Waals surface area contributed by atoms with Crippen molar-refractivity contribution in [2.24, 2.45) is 0 Å². The molecule has 0 bridgehead atoms. The number of hydrogen-bond acceptors (Lipinski definition) is 5. The molecule has 0 radical (unpaired) electrons. The van der Waals surface area contributed by atoms with E-state index in [1.54, 1.807) is 17.7 Å². The molecule has 0 saturated heterocycles. The zero-order chi connectivity index (χ0) is 22.5. The van der Waals surface area contributed by atoms with Crippen LogP contribution in [-0.4, -0.2) is 28.3 Å². The third kappa shape index (κ3) is 4.84. The van der Waals surface area contributed by atoms with Gasteiger partial charge >= 0.3 is 0 Å². The van der Waals surface area contributed by atoms with Crippen LogP contribution in [0.5, 0.6) is 5.75 Å². The highest BCUT2D eigenvalue weighted by Gasteiger charge is 2.14. The molecule has 0 atom stereocenters. The number of fused-ring (bicyclic) bond motifs is 1. The van der Waals surface area contributed by atoms with E-state index in [2.05, 4.69) is 10.3 Å². The average molecular weight is 446 g/mol. The van der Waals surface area contributed by atoms with Gasteiger partial charge in [0, 0.05) is 5.69 Å². The van der Waals surface area contributed by atoms with Gasteiger partial charge in [-0.2, -0.15) is 0 Å². The van der Waals surface area contributed by atoms with Crippen LogP contribution in [0.25, 0.3) is 10.9 Å². The van der Waals surface area contributed by atoms with Gasteiger partial charge < -0.3 is 10.1 Å². The molecule has 0 aliphatic heterocycles. The molecule has 7 heteroatoms. The van der Waals surface area contributed by atoms with E-state index in [9.17, 15) is 9.59 Å². The monoisotopic (exact) mass is 445 g/mol. The molecular formula is C25H23N3O3S. The van der Waals surface area contributed by atoms with Gasteiger partial charge in [0.2, 0.25) is 5.91 Å². The van der Waals surface area contributed by atoms with Crippen LogP contribution < -0.4 is 15.6 Å². The van der Waals surface area contributed by atoms with Gasteiger partial charge in [-0.05, 0) is 48.4 Å². The number of aromatic nitrogens is 2. The molecule has 0 fully saturated rings. The number of nitrogens with one attached hydrogen (secondary N) is 1. The van der Waals surface area contributed by atoms with Gasteiger partial charge in [0.1, 0.15) is 5.75 Å². The molecule has 32 heavy (non-hydrogen) atoms. The number of nitrogens with zero attached hydrogens (tertiary/aromatic N) is 2. The van der Waals surface area contributed by atoms with E-state index in [0.717, 1.165) is 22.6 Å². The first-order valence-corrected chi connectivity index (χ1v) is 11.1. The maximum absolute atomic E-state index is 13.2. The summed E-state index contributed by atoms with van der Waals surface area (Å²) in [5, 5.41) is 3.98. The van der Waals surface area contributed by atoms with Crippen LogP contribution in [0.2, 0.25) is 0 Å². The van der Waals surface area contributed by atoms with Crippen LogP contribution in [0.15, 0.2) is 82.7 Å². The van der Waals surface area contributed by atoms with Crippen LogP contribution in [0.1, 0.15) is 11.1 Å². The third-order valence-corrected chi connectivity index (χ3v) is 6.05. The van der Waals surface area contributed by atoms with E-state index in [4.69, 9.17) is 4.74 Å². The molecule has 162 valence electrons. The fourth-order valence-corrected chi connectivity index (χ4v) is 4.14. The number of para-hydroxylation sites is 2. The smallest absolute Gasteiger partial charge is 0.262 e. The first-order valence-electron chi connectivity index (χ1n) is 10.2. The lowest BCUT2D eigenvalue weighted by Crippen LogP contribution is -2.25. The van der Waals surface area contributed by atoms with E-state index in [-0.39, 0.29) is 17.2 Å². The van der Waals surface area contributed by atoms with E-state index in [0.29, 0.717) is 22.6 Å². The molecule has 4 rings (SSSR count). The van der Waals surface area contributed by atoms with Crippen molar-refractivity contribution >= 4 is 34.3 Å². The predicted octanol–water partition coefficient (Wildman–Crippen LogP) is 4.49. The summed E-state index contributed by atoms with van der Waals surface area (Å²) in [6.45, 7) is 2.29. The van der Waals surface area contributed by atoms with Gasteiger partial charge in [0.05, 0.1) is 30.3 Å². The molecule has 0 aliphatic rings. The Hall–Kier alpha value is -3.58. The second-order valence-electron chi connectivity index (χ2n) is 7.30. The van der Waals surface area contributed by atoms with Crippen molar-refractivity contribution < 1.29 is 9.53 Å². The molecule has 0 aliphatic carbocycles. The van der Waals surface area contributed by atoms with Gasteiger partial charge in [-0.25, -0.2) is 4.98 Å². The average Bonchev–Trinajstić information content (AvgIpc) is 2.82. The lowest BCUT2D eigenvalue weighted by molar-refractivity contribution is -0.113. The number of carbonyl (C=O) groups excluding carboxylic acids is 1. The molecular weight excluding hydrogens is 422 g/mol. The molecule has 4 aromatic rings. The number of ether oxygens (including phenoxy) is 1. The van der Waals surface area contributed by atoms with E-state index >= 15 is 0 Å². The molecule has 3 aromatic carbocycles. The summed E-state index contributed by atoms with van der Waals surface area (Å²) in [4.78, 5) is 30.5. The number of benzene rings is 3. The topological polar surface area (TPSA) is 73.2 Å². The van der Waals surface area contributed by atoms with E-state index < -0.39 is 0 Å². The number of methoxy groups -OCH3 is 1. The van der Waals surface area contributed by atoms with Crippen molar-refractivity contribution in [3.05, 3.63) is 94.3 Å². The lowest BCUT2D eigenvalue weighted by atomic mass is 10.2. The summed E-state index contributed by atoms with van der Waals surface area (Å²) in [6, 6.07) is 22.4. The number of amides is 1. The maximum Gasteiger partial charge on any atom is 0.262 e. The van der Waals surface area contributed by atoms with Gasteiger partial charge in [0.25, 0.3) is 5.56 Å². The zero-order valence-electron chi connectivity index (χ0n) is 17.9. The second kappa shape index (κ2) is 9.70. The Labute approximate surface area is 190 Å². The van der Waals surface area contributed by atoms with Crippen molar-refractivity contribution in [1.82, 2.24) is 9.55 Å². The Morgan fingerprint density at radius 1 is 1.03 bits per heavy atom. The van der Waals surface area contributed by atoms with Crippen molar-refractivity contribution in [3.8, 4) is 5.75 Å². The Morgan fingerprint density at radius 2 is 1.75 bits per heavy atom. The summed E-state index contributed by atoms with van der Waals surface area (Å²) in [7, 11) is 1.61. The molecule has 0 spiro atoms. The van der Waals surface area contributed by atoms with Crippen molar-refractivity contribution in [2.45, 2.75) is 18.6 Å². The van der Waals surface area contributed by atoms with Crippen LogP contribution in [0.4, 0.5) is 5.69 Å². The number of anilines is 1. The van der Waals surface area contributed by atoms with Crippen LogP contribution in [-0.2, 0) is 11.3 Å². The second-order valence-corrected chi connectivity index (χ2v) is 8.25. The summed E-state index contributed by atoms with van der Waals surface area (Å²) < 4.78 is 6.84. The predicted molar refractivity (Wildman–Crippen MR) is 129 cm³/mol. The molecule has 0 saturated carbocycles. The molecule has 0 unspecified atom stereocenters. The third-order valence-electron chi connectivity index (χ3n) is 5.08. The minimum absolute atomic E-state index is 0.131. The van der Waals surface area contributed by atoms with Crippen LogP contribution in [0, 0.1) is 6.92 Å². The Bertz CT molecular complexity index is 1320. The molecule has 1 aromatic heterocycles. The highest BCUT2D eigenvalue weighted by molar-refractivity contribution is 7.99. The summed E-state index contributed by atoms with van der Waals surface area (Å²) in [5.74, 6) is 0.741. The van der Waals surface area contributed by atoms with Gasteiger partial charge in [-0.1, -0.05) is 54.2 Å². The number of thioether (sulfide) groups is 1. The van der Waals surface area contributed by atoms with Crippen LogP contribution >= 0.6 is 11.8 Å². The quantitative estimate of drug-likeness (QED) is 0.335. The van der Waals surface area contributed by atoms with Crippen molar-refractivity contribution in [3.63, 3.8) is 0 Å². The minimum atomic E-state index is -0.150. The highest BCUT2D eigenvalue weighted by Crippen LogP contribution is 2.21. The van der Waals surface area contributed by atoms with Gasteiger partial charge in [0.15, 0.2) is 5.16 Å². The fourth-order valence-electron chi connectivity index (χ4n) is 3.34. The number of carbonyl (C=O) groups is 1. The van der Waals surface area contributed by atoms with Crippen molar-refractivity contribution in [1.29, 1.82) is 0 Å². The molecule has 6 nitrogen and oxygen atoms in total. The molecule has 1 amide bonds. The maximum atomic E-state index is 13.2. The number of aryl methyl sites for hydroxylation is 1.